The Kier molecular flexibility index (Phi) is 3.41. The predicted octanol–water partition coefficient (Wildman–Crippen LogP) is 1.14. The molecule has 0 saturated carbocycles. The SMILES string of the molecule is Nc1nc(N2CCCCCC2)ncc1C(=O)O. The fraction of sp³-hybridized carbons (Fsp3) is 0.545. The molecule has 0 aliphatic carbocycles. The third kappa shape index (κ3) is 2.64. The van der Waals surface area contributed by atoms with Crippen LogP contribution in [0.4, 0.5) is 11.8 Å². The lowest BCUT2D eigenvalue weighted by Gasteiger charge is -2.20. The highest BCUT2D eigenvalue weighted by molar-refractivity contribution is 5.92. The van der Waals surface area contributed by atoms with Crippen molar-refractivity contribution in [2.24, 2.45) is 0 Å². The molecule has 0 aromatic carbocycles. The van der Waals surface area contributed by atoms with E-state index >= 15 is 0 Å². The lowest BCUT2D eigenvalue weighted by atomic mass is 10.2. The number of carbonyl (C=O) groups is 1. The normalized spacial score (nSPS) is 16.6. The molecule has 1 fully saturated rings. The van der Waals surface area contributed by atoms with Crippen molar-refractivity contribution in [2.75, 3.05) is 23.7 Å². The molecular formula is C11H16N4O2. The standard InChI is InChI=1S/C11H16N4O2/c12-9-8(10(16)17)7-13-11(14-9)15-5-3-1-2-4-6-15/h7H,1-6H2,(H,16,17)(H2,12,13,14). The van der Waals surface area contributed by atoms with E-state index in [1.165, 1.54) is 19.0 Å². The monoisotopic (exact) mass is 236 g/mol. The van der Waals surface area contributed by atoms with Gasteiger partial charge in [-0.2, -0.15) is 4.98 Å². The van der Waals surface area contributed by atoms with E-state index in [0.29, 0.717) is 5.95 Å². The molecule has 2 heterocycles. The average Bonchev–Trinajstić information content (AvgIpc) is 2.56. The summed E-state index contributed by atoms with van der Waals surface area (Å²) in [4.78, 5) is 21.0. The number of aromatic carboxylic acids is 1. The third-order valence-electron chi connectivity index (χ3n) is 2.92. The van der Waals surface area contributed by atoms with Gasteiger partial charge in [-0.15, -0.1) is 0 Å². The van der Waals surface area contributed by atoms with Crippen LogP contribution in [0.25, 0.3) is 0 Å². The maximum Gasteiger partial charge on any atom is 0.341 e. The van der Waals surface area contributed by atoms with Crippen molar-refractivity contribution >= 4 is 17.7 Å². The lowest BCUT2D eigenvalue weighted by Crippen LogP contribution is -2.26. The van der Waals surface area contributed by atoms with Crippen molar-refractivity contribution < 1.29 is 9.90 Å². The molecule has 6 heteroatoms. The Morgan fingerprint density at radius 2 is 1.94 bits per heavy atom. The third-order valence-corrected chi connectivity index (χ3v) is 2.92. The minimum absolute atomic E-state index is 0.0340. The van der Waals surface area contributed by atoms with Crippen molar-refractivity contribution in [1.82, 2.24) is 9.97 Å². The van der Waals surface area contributed by atoms with Gasteiger partial charge in [-0.3, -0.25) is 0 Å². The van der Waals surface area contributed by atoms with Crippen molar-refractivity contribution in [3.8, 4) is 0 Å². The number of nitrogens with two attached hydrogens (primary N) is 1. The molecule has 0 bridgehead atoms. The van der Waals surface area contributed by atoms with E-state index in [1.54, 1.807) is 0 Å². The van der Waals surface area contributed by atoms with Crippen LogP contribution in [0.5, 0.6) is 0 Å². The van der Waals surface area contributed by atoms with Crippen molar-refractivity contribution in [2.45, 2.75) is 25.7 Å². The largest absolute Gasteiger partial charge is 0.477 e. The van der Waals surface area contributed by atoms with Crippen LogP contribution in [0.2, 0.25) is 0 Å². The van der Waals surface area contributed by atoms with Gasteiger partial charge >= 0.3 is 5.97 Å². The van der Waals surface area contributed by atoms with Crippen LogP contribution in [0.1, 0.15) is 36.0 Å². The van der Waals surface area contributed by atoms with Crippen molar-refractivity contribution in [1.29, 1.82) is 0 Å². The summed E-state index contributed by atoms with van der Waals surface area (Å²) in [6.45, 7) is 1.82. The van der Waals surface area contributed by atoms with Crippen LogP contribution in [0, 0.1) is 0 Å². The van der Waals surface area contributed by atoms with Gasteiger partial charge in [-0.1, -0.05) is 12.8 Å². The highest BCUT2D eigenvalue weighted by Crippen LogP contribution is 2.17. The Labute approximate surface area is 99.5 Å². The molecule has 1 aliphatic heterocycles. The quantitative estimate of drug-likeness (QED) is 0.799. The minimum atomic E-state index is -1.09. The molecule has 0 amide bonds. The maximum absolute atomic E-state index is 10.8. The minimum Gasteiger partial charge on any atom is -0.477 e. The summed E-state index contributed by atoms with van der Waals surface area (Å²) < 4.78 is 0. The fourth-order valence-corrected chi connectivity index (χ4v) is 1.97. The van der Waals surface area contributed by atoms with Gasteiger partial charge in [-0.05, 0) is 12.8 Å². The summed E-state index contributed by atoms with van der Waals surface area (Å²) in [5.74, 6) is -0.522. The van der Waals surface area contributed by atoms with E-state index in [9.17, 15) is 4.79 Å². The summed E-state index contributed by atoms with van der Waals surface area (Å²) in [6, 6.07) is 0. The van der Waals surface area contributed by atoms with Crippen LogP contribution in [-0.4, -0.2) is 34.1 Å². The Hall–Kier alpha value is -1.85. The van der Waals surface area contributed by atoms with Crippen molar-refractivity contribution in [3.05, 3.63) is 11.8 Å². The van der Waals surface area contributed by atoms with Crippen LogP contribution < -0.4 is 10.6 Å². The second-order valence-electron chi connectivity index (χ2n) is 4.18. The van der Waals surface area contributed by atoms with Gasteiger partial charge in [0.05, 0.1) is 0 Å². The Bertz CT molecular complexity index is 414. The second-order valence-corrected chi connectivity index (χ2v) is 4.18. The number of hydrogen-bond donors (Lipinski definition) is 2. The molecule has 1 saturated heterocycles. The smallest absolute Gasteiger partial charge is 0.341 e. The van der Waals surface area contributed by atoms with Gasteiger partial charge < -0.3 is 15.7 Å². The number of carboxylic acids is 1. The van der Waals surface area contributed by atoms with Crippen LogP contribution in [0.15, 0.2) is 6.20 Å². The van der Waals surface area contributed by atoms with Crippen LogP contribution >= 0.6 is 0 Å². The molecule has 0 radical (unpaired) electrons. The predicted molar refractivity (Wildman–Crippen MR) is 64.1 cm³/mol. The highest BCUT2D eigenvalue weighted by atomic mass is 16.4. The maximum atomic E-state index is 10.8. The molecule has 92 valence electrons. The molecule has 1 aliphatic rings. The molecule has 0 unspecified atom stereocenters. The zero-order valence-electron chi connectivity index (χ0n) is 9.59. The molecule has 1 aromatic rings. The first-order chi connectivity index (χ1) is 8.18. The van der Waals surface area contributed by atoms with Gasteiger partial charge in [0.2, 0.25) is 5.95 Å². The summed E-state index contributed by atoms with van der Waals surface area (Å²) in [7, 11) is 0. The lowest BCUT2D eigenvalue weighted by molar-refractivity contribution is 0.0697. The summed E-state index contributed by atoms with van der Waals surface area (Å²) >= 11 is 0. The summed E-state index contributed by atoms with van der Waals surface area (Å²) in [6.07, 6.45) is 5.96. The first kappa shape index (κ1) is 11.6. The van der Waals surface area contributed by atoms with Gasteiger partial charge in [0.1, 0.15) is 11.4 Å². The molecule has 0 atom stereocenters. The second kappa shape index (κ2) is 4.99. The van der Waals surface area contributed by atoms with Crippen LogP contribution in [-0.2, 0) is 0 Å². The average molecular weight is 236 g/mol. The Morgan fingerprint density at radius 1 is 1.29 bits per heavy atom. The Balaban J connectivity index is 2.21. The topological polar surface area (TPSA) is 92.3 Å². The molecule has 1 aromatic heterocycles. The van der Waals surface area contributed by atoms with Crippen LogP contribution in [0.3, 0.4) is 0 Å². The van der Waals surface area contributed by atoms with Gasteiger partial charge in [0, 0.05) is 19.3 Å². The van der Waals surface area contributed by atoms with E-state index in [0.717, 1.165) is 25.9 Å². The number of hydrogen-bond acceptors (Lipinski definition) is 5. The molecule has 3 N–H and O–H groups in total. The number of carboxylic acid groups (broad SMARTS) is 1. The zero-order valence-corrected chi connectivity index (χ0v) is 9.59. The molecule has 0 spiro atoms. The first-order valence-electron chi connectivity index (χ1n) is 5.79. The summed E-state index contributed by atoms with van der Waals surface area (Å²) in [5.41, 5.74) is 5.57. The van der Waals surface area contributed by atoms with Gasteiger partial charge in [0.15, 0.2) is 0 Å². The fourth-order valence-electron chi connectivity index (χ4n) is 1.97. The number of anilines is 2. The number of nitrogen functional groups attached to an aromatic ring is 1. The van der Waals surface area contributed by atoms with Gasteiger partial charge in [0.25, 0.3) is 0 Å². The molecule has 2 rings (SSSR count). The first-order valence-corrected chi connectivity index (χ1v) is 5.79. The molecular weight excluding hydrogens is 220 g/mol. The number of aromatic nitrogens is 2. The number of nitrogens with zero attached hydrogens (tertiary/aromatic N) is 3. The molecule has 6 nitrogen and oxygen atoms in total. The number of rotatable bonds is 2. The molecule has 17 heavy (non-hydrogen) atoms. The Morgan fingerprint density at radius 3 is 2.47 bits per heavy atom. The van der Waals surface area contributed by atoms with E-state index in [4.69, 9.17) is 10.8 Å². The van der Waals surface area contributed by atoms with E-state index < -0.39 is 5.97 Å². The van der Waals surface area contributed by atoms with E-state index in [2.05, 4.69) is 14.9 Å². The van der Waals surface area contributed by atoms with Crippen molar-refractivity contribution in [3.63, 3.8) is 0 Å². The highest BCUT2D eigenvalue weighted by Gasteiger charge is 2.16. The summed E-state index contributed by atoms with van der Waals surface area (Å²) in [5, 5.41) is 8.84. The van der Waals surface area contributed by atoms with Gasteiger partial charge in [-0.25, -0.2) is 9.78 Å². The zero-order chi connectivity index (χ0) is 12.3. The van der Waals surface area contributed by atoms with E-state index in [1.807, 2.05) is 0 Å². The van der Waals surface area contributed by atoms with E-state index in [-0.39, 0.29) is 11.4 Å².